The highest BCUT2D eigenvalue weighted by Gasteiger charge is 2.16. The molecule has 4 aromatic rings. The molecule has 2 amide bonds. The number of H-pyrrole nitrogens is 1. The molecule has 8 nitrogen and oxygen atoms in total. The molecule has 0 aliphatic heterocycles. The van der Waals surface area contributed by atoms with Gasteiger partial charge in [0.25, 0.3) is 17.4 Å². The second-order valence-corrected chi connectivity index (χ2v) is 8.13. The number of rotatable bonds is 6. The lowest BCUT2D eigenvalue weighted by molar-refractivity contribution is 0.0949. The van der Waals surface area contributed by atoms with Crippen molar-refractivity contribution in [2.24, 2.45) is 0 Å². The number of methoxy groups -OCH3 is 1. The van der Waals surface area contributed by atoms with E-state index in [4.69, 9.17) is 27.9 Å². The molecule has 0 fully saturated rings. The number of aromatic nitrogens is 2. The molecule has 0 radical (unpaired) electrons. The van der Waals surface area contributed by atoms with E-state index in [0.717, 1.165) is 5.56 Å². The van der Waals surface area contributed by atoms with Gasteiger partial charge in [0.1, 0.15) is 5.56 Å². The molecule has 0 bridgehead atoms. The predicted molar refractivity (Wildman–Crippen MR) is 131 cm³/mol. The molecule has 10 heteroatoms. The van der Waals surface area contributed by atoms with Gasteiger partial charge in [-0.2, -0.15) is 0 Å². The van der Waals surface area contributed by atoms with Crippen molar-refractivity contribution in [3.05, 3.63) is 97.9 Å². The largest absolute Gasteiger partial charge is 0.481 e. The number of halogens is 2. The molecule has 0 saturated heterocycles. The summed E-state index contributed by atoms with van der Waals surface area (Å²) in [7, 11) is 1.46. The molecule has 4 rings (SSSR count). The number of carbonyl (C=O) groups excluding carboxylic acids is 2. The number of benzene rings is 2. The Kier molecular flexibility index (Phi) is 6.81. The highest BCUT2D eigenvalue weighted by Crippen LogP contribution is 2.24. The van der Waals surface area contributed by atoms with Gasteiger partial charge >= 0.3 is 0 Å². The fourth-order valence-electron chi connectivity index (χ4n) is 3.20. The molecule has 2 aromatic heterocycles. The Morgan fingerprint density at radius 3 is 2.53 bits per heavy atom. The number of anilines is 1. The van der Waals surface area contributed by atoms with E-state index in [-0.39, 0.29) is 27.7 Å². The van der Waals surface area contributed by atoms with E-state index in [1.807, 2.05) is 12.1 Å². The standard InChI is InChI=1S/C24H18Cl2N4O4/c1-34-21-10-19-15(12-27-21)8-17(23(32)29-19)24(33)30-20-9-14(4-7-18(20)26)22(31)28-11-13-2-5-16(25)6-3-13/h2-10,12H,11H2,1H3,(H,28,31)(H,29,32)(H,30,33). The molecule has 3 N–H and O–H groups in total. The van der Waals surface area contributed by atoms with Crippen molar-refractivity contribution in [3.63, 3.8) is 0 Å². The van der Waals surface area contributed by atoms with Crippen LogP contribution in [0.3, 0.4) is 0 Å². The third-order valence-electron chi connectivity index (χ3n) is 5.00. The zero-order valence-electron chi connectivity index (χ0n) is 17.8. The average molecular weight is 497 g/mol. The third kappa shape index (κ3) is 5.19. The van der Waals surface area contributed by atoms with Gasteiger partial charge in [-0.05, 0) is 42.0 Å². The summed E-state index contributed by atoms with van der Waals surface area (Å²) in [6.45, 7) is 0.297. The van der Waals surface area contributed by atoms with E-state index in [9.17, 15) is 14.4 Å². The maximum Gasteiger partial charge on any atom is 0.261 e. The minimum atomic E-state index is -0.681. The van der Waals surface area contributed by atoms with Gasteiger partial charge in [-0.1, -0.05) is 35.3 Å². The highest BCUT2D eigenvalue weighted by molar-refractivity contribution is 6.34. The van der Waals surface area contributed by atoms with Crippen LogP contribution in [0.1, 0.15) is 26.3 Å². The quantitative estimate of drug-likeness (QED) is 0.365. The first-order valence-corrected chi connectivity index (χ1v) is 10.8. The molecule has 0 spiro atoms. The first-order valence-electron chi connectivity index (χ1n) is 10.0. The molecule has 2 aromatic carbocycles. The van der Waals surface area contributed by atoms with Gasteiger partial charge in [0.05, 0.1) is 23.3 Å². The zero-order chi connectivity index (χ0) is 24.2. The van der Waals surface area contributed by atoms with Crippen LogP contribution in [-0.4, -0.2) is 28.9 Å². The number of aromatic amines is 1. The van der Waals surface area contributed by atoms with Crippen LogP contribution in [0, 0.1) is 0 Å². The van der Waals surface area contributed by atoms with Crippen LogP contribution < -0.4 is 20.9 Å². The Labute approximate surface area is 203 Å². The summed E-state index contributed by atoms with van der Waals surface area (Å²) in [4.78, 5) is 44.6. The molecule has 0 aliphatic carbocycles. The fourth-order valence-corrected chi connectivity index (χ4v) is 3.49. The Morgan fingerprint density at radius 1 is 1.03 bits per heavy atom. The number of pyridine rings is 2. The van der Waals surface area contributed by atoms with E-state index in [0.29, 0.717) is 28.4 Å². The highest BCUT2D eigenvalue weighted by atomic mass is 35.5. The molecule has 0 unspecified atom stereocenters. The number of fused-ring (bicyclic) bond motifs is 1. The summed E-state index contributed by atoms with van der Waals surface area (Å²) in [5, 5.41) is 6.76. The Balaban J connectivity index is 1.52. The van der Waals surface area contributed by atoms with Crippen molar-refractivity contribution in [2.75, 3.05) is 12.4 Å². The monoisotopic (exact) mass is 496 g/mol. The lowest BCUT2D eigenvalue weighted by Gasteiger charge is -2.11. The van der Waals surface area contributed by atoms with Crippen molar-refractivity contribution in [1.29, 1.82) is 0 Å². The summed E-state index contributed by atoms with van der Waals surface area (Å²) >= 11 is 12.1. The lowest BCUT2D eigenvalue weighted by atomic mass is 10.1. The summed E-state index contributed by atoms with van der Waals surface area (Å²) in [5.74, 6) is -0.705. The molecule has 2 heterocycles. The van der Waals surface area contributed by atoms with Crippen molar-refractivity contribution in [1.82, 2.24) is 15.3 Å². The smallest absolute Gasteiger partial charge is 0.261 e. The van der Waals surface area contributed by atoms with Crippen molar-refractivity contribution in [2.45, 2.75) is 6.54 Å². The summed E-state index contributed by atoms with van der Waals surface area (Å²) in [6, 6.07) is 14.5. The second-order valence-electron chi connectivity index (χ2n) is 7.28. The summed E-state index contributed by atoms with van der Waals surface area (Å²) < 4.78 is 5.04. The van der Waals surface area contributed by atoms with Crippen molar-refractivity contribution < 1.29 is 14.3 Å². The second kappa shape index (κ2) is 9.94. The zero-order valence-corrected chi connectivity index (χ0v) is 19.3. The van der Waals surface area contributed by atoms with Gasteiger partial charge in [-0.25, -0.2) is 4.98 Å². The van der Waals surface area contributed by atoms with E-state index in [2.05, 4.69) is 20.6 Å². The maximum absolute atomic E-state index is 12.8. The van der Waals surface area contributed by atoms with E-state index in [1.165, 1.54) is 37.6 Å². The third-order valence-corrected chi connectivity index (χ3v) is 5.58. The number of hydrogen-bond donors (Lipinski definition) is 3. The van der Waals surface area contributed by atoms with Crippen molar-refractivity contribution in [3.8, 4) is 5.88 Å². The van der Waals surface area contributed by atoms with Gasteiger partial charge in [0.2, 0.25) is 5.88 Å². The lowest BCUT2D eigenvalue weighted by Crippen LogP contribution is -2.24. The number of ether oxygens (including phenoxy) is 1. The molecule has 0 saturated carbocycles. The number of carbonyl (C=O) groups is 2. The molecule has 0 aliphatic rings. The minimum absolute atomic E-state index is 0.131. The van der Waals surface area contributed by atoms with Crippen LogP contribution in [0.15, 0.2) is 65.6 Å². The summed E-state index contributed by atoms with van der Waals surface area (Å²) in [6.07, 6.45) is 1.49. The Bertz CT molecular complexity index is 1450. The molecule has 34 heavy (non-hydrogen) atoms. The van der Waals surface area contributed by atoms with Gasteiger partial charge in [0, 0.05) is 34.8 Å². The Hall–Kier alpha value is -3.88. The number of nitrogens with zero attached hydrogens (tertiary/aromatic N) is 1. The number of nitrogens with one attached hydrogen (secondary N) is 3. The Morgan fingerprint density at radius 2 is 1.79 bits per heavy atom. The summed E-state index contributed by atoms with van der Waals surface area (Å²) in [5.41, 5.74) is 1.11. The van der Waals surface area contributed by atoms with Crippen LogP contribution in [0.2, 0.25) is 10.0 Å². The number of amides is 2. The van der Waals surface area contributed by atoms with E-state index < -0.39 is 11.5 Å². The van der Waals surface area contributed by atoms with Gasteiger partial charge in [-0.3, -0.25) is 14.4 Å². The van der Waals surface area contributed by atoms with Crippen molar-refractivity contribution >= 4 is 51.6 Å². The van der Waals surface area contributed by atoms with Crippen LogP contribution in [0.25, 0.3) is 10.9 Å². The number of hydrogen-bond acceptors (Lipinski definition) is 5. The molecule has 172 valence electrons. The van der Waals surface area contributed by atoms with E-state index in [1.54, 1.807) is 18.2 Å². The van der Waals surface area contributed by atoms with Gasteiger partial charge in [-0.15, -0.1) is 0 Å². The molecular weight excluding hydrogens is 479 g/mol. The topological polar surface area (TPSA) is 113 Å². The molecular formula is C24H18Cl2N4O4. The van der Waals surface area contributed by atoms with Crippen LogP contribution >= 0.6 is 23.2 Å². The van der Waals surface area contributed by atoms with Crippen LogP contribution in [-0.2, 0) is 6.54 Å². The van der Waals surface area contributed by atoms with Gasteiger partial charge < -0.3 is 20.4 Å². The maximum atomic E-state index is 12.8. The predicted octanol–water partition coefficient (Wildman–Crippen LogP) is 4.42. The SMILES string of the molecule is COc1cc2[nH]c(=O)c(C(=O)Nc3cc(C(=O)NCc4ccc(Cl)cc4)ccc3Cl)cc2cn1. The first-order chi connectivity index (χ1) is 16.3. The van der Waals surface area contributed by atoms with Gasteiger partial charge in [0.15, 0.2) is 0 Å². The van der Waals surface area contributed by atoms with Crippen LogP contribution in [0.5, 0.6) is 5.88 Å². The molecule has 0 atom stereocenters. The van der Waals surface area contributed by atoms with E-state index >= 15 is 0 Å². The average Bonchev–Trinajstić information content (AvgIpc) is 2.83. The fraction of sp³-hybridized carbons (Fsp3) is 0.0833. The van der Waals surface area contributed by atoms with Crippen LogP contribution in [0.4, 0.5) is 5.69 Å². The first kappa shape index (κ1) is 23.3. The minimum Gasteiger partial charge on any atom is -0.481 e. The normalized spacial score (nSPS) is 10.7.